The van der Waals surface area contributed by atoms with Crippen molar-refractivity contribution in [2.45, 2.75) is 52.5 Å². The van der Waals surface area contributed by atoms with Crippen LogP contribution in [0.2, 0.25) is 0 Å². The van der Waals surface area contributed by atoms with Gasteiger partial charge in [-0.3, -0.25) is 4.99 Å². The SMILES string of the molecule is CCN1c2cc(C)c(C=Nc3ccccc3O)cc2[C@@H](C)CC1(C)C. The minimum atomic E-state index is 0.180. The molecule has 0 aliphatic carbocycles. The summed E-state index contributed by atoms with van der Waals surface area (Å²) in [6.45, 7) is 12.3. The predicted octanol–water partition coefficient (Wildman–Crippen LogP) is 5.56. The average Bonchev–Trinajstić information content (AvgIpc) is 2.54. The van der Waals surface area contributed by atoms with E-state index >= 15 is 0 Å². The summed E-state index contributed by atoms with van der Waals surface area (Å²) in [5.74, 6) is 0.729. The van der Waals surface area contributed by atoms with Gasteiger partial charge in [0.05, 0.1) is 0 Å². The molecule has 0 aromatic heterocycles. The molecule has 0 saturated heterocycles. The first-order chi connectivity index (χ1) is 11.8. The van der Waals surface area contributed by atoms with Crippen LogP contribution in [0.5, 0.6) is 5.75 Å². The van der Waals surface area contributed by atoms with Crippen LogP contribution in [-0.2, 0) is 0 Å². The van der Waals surface area contributed by atoms with Gasteiger partial charge >= 0.3 is 0 Å². The summed E-state index contributed by atoms with van der Waals surface area (Å²) < 4.78 is 0. The first-order valence-electron chi connectivity index (χ1n) is 9.07. The van der Waals surface area contributed by atoms with Crippen LogP contribution in [-0.4, -0.2) is 23.4 Å². The zero-order valence-electron chi connectivity index (χ0n) is 15.9. The van der Waals surface area contributed by atoms with E-state index in [1.165, 1.54) is 16.8 Å². The lowest BCUT2D eigenvalue weighted by molar-refractivity contribution is 0.381. The Labute approximate surface area is 151 Å². The molecule has 0 amide bonds. The Hall–Kier alpha value is -2.29. The molecule has 132 valence electrons. The number of anilines is 1. The molecule has 0 radical (unpaired) electrons. The fourth-order valence-electron chi connectivity index (χ4n) is 4.10. The van der Waals surface area contributed by atoms with Gasteiger partial charge in [0, 0.05) is 24.0 Å². The van der Waals surface area contributed by atoms with E-state index in [4.69, 9.17) is 0 Å². The van der Waals surface area contributed by atoms with E-state index < -0.39 is 0 Å². The van der Waals surface area contributed by atoms with Crippen molar-refractivity contribution in [1.82, 2.24) is 0 Å². The van der Waals surface area contributed by atoms with Crippen LogP contribution in [0.4, 0.5) is 11.4 Å². The maximum Gasteiger partial charge on any atom is 0.141 e. The number of para-hydroxylation sites is 2. The molecule has 0 fully saturated rings. The minimum absolute atomic E-state index is 0.180. The summed E-state index contributed by atoms with van der Waals surface area (Å²) in [5, 5.41) is 9.90. The number of hydrogen-bond donors (Lipinski definition) is 1. The Bertz CT molecular complexity index is 808. The number of phenols is 1. The van der Waals surface area contributed by atoms with Gasteiger partial charge < -0.3 is 10.0 Å². The van der Waals surface area contributed by atoms with Crippen LogP contribution in [0.25, 0.3) is 0 Å². The number of benzene rings is 2. The second-order valence-corrected chi connectivity index (χ2v) is 7.68. The van der Waals surface area contributed by atoms with Crippen LogP contribution in [0.3, 0.4) is 0 Å². The topological polar surface area (TPSA) is 35.8 Å². The lowest BCUT2D eigenvalue weighted by Gasteiger charge is -2.47. The monoisotopic (exact) mass is 336 g/mol. The summed E-state index contributed by atoms with van der Waals surface area (Å²) in [6.07, 6.45) is 3.01. The van der Waals surface area contributed by atoms with Gasteiger partial charge in [-0.1, -0.05) is 19.1 Å². The summed E-state index contributed by atoms with van der Waals surface area (Å²) in [5.41, 5.74) is 5.85. The van der Waals surface area contributed by atoms with E-state index in [1.54, 1.807) is 12.1 Å². The van der Waals surface area contributed by atoms with Crippen LogP contribution < -0.4 is 4.90 Å². The van der Waals surface area contributed by atoms with Gasteiger partial charge in [0.1, 0.15) is 11.4 Å². The quantitative estimate of drug-likeness (QED) is 0.744. The van der Waals surface area contributed by atoms with Gasteiger partial charge in [-0.2, -0.15) is 0 Å². The Morgan fingerprint density at radius 3 is 2.68 bits per heavy atom. The molecular formula is C22H28N2O. The van der Waals surface area contributed by atoms with Crippen molar-refractivity contribution in [2.24, 2.45) is 4.99 Å². The zero-order valence-corrected chi connectivity index (χ0v) is 15.9. The van der Waals surface area contributed by atoms with Gasteiger partial charge in [-0.25, -0.2) is 0 Å². The summed E-state index contributed by atoms with van der Waals surface area (Å²) in [6, 6.07) is 11.7. The molecule has 1 aliphatic heterocycles. The number of phenolic OH excluding ortho intramolecular Hbond substituents is 1. The molecule has 1 aliphatic rings. The lowest BCUT2D eigenvalue weighted by atomic mass is 9.79. The first-order valence-corrected chi connectivity index (χ1v) is 9.07. The van der Waals surface area contributed by atoms with Crippen molar-refractivity contribution >= 4 is 17.6 Å². The van der Waals surface area contributed by atoms with Crippen LogP contribution in [0.1, 0.15) is 56.7 Å². The third-order valence-electron chi connectivity index (χ3n) is 5.31. The molecular weight excluding hydrogens is 308 g/mol. The molecule has 3 rings (SSSR count). The van der Waals surface area contributed by atoms with Gasteiger partial charge in [0.2, 0.25) is 0 Å². The van der Waals surface area contributed by atoms with E-state index in [0.29, 0.717) is 11.6 Å². The molecule has 2 aromatic carbocycles. The molecule has 1 atom stereocenters. The summed E-state index contributed by atoms with van der Waals surface area (Å²) >= 11 is 0. The number of fused-ring (bicyclic) bond motifs is 1. The van der Waals surface area contributed by atoms with Crippen molar-refractivity contribution in [3.63, 3.8) is 0 Å². The number of rotatable bonds is 3. The molecule has 25 heavy (non-hydrogen) atoms. The number of aromatic hydroxyl groups is 1. The summed E-state index contributed by atoms with van der Waals surface area (Å²) in [7, 11) is 0. The van der Waals surface area contributed by atoms with Crippen molar-refractivity contribution in [1.29, 1.82) is 0 Å². The number of hydrogen-bond acceptors (Lipinski definition) is 3. The molecule has 0 bridgehead atoms. The summed E-state index contributed by atoms with van der Waals surface area (Å²) in [4.78, 5) is 7.00. The highest BCUT2D eigenvalue weighted by Crippen LogP contribution is 2.44. The molecule has 0 saturated carbocycles. The number of nitrogens with zero attached hydrogens (tertiary/aromatic N) is 2. The fourth-order valence-corrected chi connectivity index (χ4v) is 4.10. The van der Waals surface area contributed by atoms with Gasteiger partial charge in [-0.15, -0.1) is 0 Å². The van der Waals surface area contributed by atoms with E-state index in [2.05, 4.69) is 56.6 Å². The maximum atomic E-state index is 9.90. The molecule has 3 heteroatoms. The molecule has 1 heterocycles. The normalized spacial score (nSPS) is 19.2. The molecule has 2 aromatic rings. The largest absolute Gasteiger partial charge is 0.506 e. The van der Waals surface area contributed by atoms with E-state index in [-0.39, 0.29) is 11.3 Å². The van der Waals surface area contributed by atoms with Crippen molar-refractivity contribution in [3.05, 3.63) is 53.1 Å². The van der Waals surface area contributed by atoms with E-state index in [0.717, 1.165) is 18.5 Å². The second kappa shape index (κ2) is 6.55. The Balaban J connectivity index is 2.02. The number of aliphatic imine (C=N–C) groups is 1. The molecule has 0 unspecified atom stereocenters. The first kappa shape index (κ1) is 17.5. The predicted molar refractivity (Wildman–Crippen MR) is 107 cm³/mol. The zero-order chi connectivity index (χ0) is 18.2. The third kappa shape index (κ3) is 3.28. The van der Waals surface area contributed by atoms with Crippen LogP contribution >= 0.6 is 0 Å². The van der Waals surface area contributed by atoms with Crippen molar-refractivity contribution in [2.75, 3.05) is 11.4 Å². The van der Waals surface area contributed by atoms with Crippen molar-refractivity contribution < 1.29 is 5.11 Å². The van der Waals surface area contributed by atoms with Crippen LogP contribution in [0, 0.1) is 6.92 Å². The molecule has 1 N–H and O–H groups in total. The van der Waals surface area contributed by atoms with Crippen LogP contribution in [0.15, 0.2) is 41.4 Å². The van der Waals surface area contributed by atoms with E-state index in [9.17, 15) is 5.11 Å². The minimum Gasteiger partial charge on any atom is -0.506 e. The molecule has 3 nitrogen and oxygen atoms in total. The van der Waals surface area contributed by atoms with Crippen molar-refractivity contribution in [3.8, 4) is 5.75 Å². The second-order valence-electron chi connectivity index (χ2n) is 7.68. The average molecular weight is 336 g/mol. The van der Waals surface area contributed by atoms with Gasteiger partial charge in [-0.05, 0) is 81.0 Å². The third-order valence-corrected chi connectivity index (χ3v) is 5.31. The highest BCUT2D eigenvalue weighted by Gasteiger charge is 2.35. The maximum absolute atomic E-state index is 9.90. The lowest BCUT2D eigenvalue weighted by Crippen LogP contribution is -2.48. The van der Waals surface area contributed by atoms with Gasteiger partial charge in [0.25, 0.3) is 0 Å². The standard InChI is InChI=1S/C22H28N2O/c1-6-24-20-11-15(2)17(12-18(20)16(3)13-22(24,4)5)14-23-19-9-7-8-10-21(19)25/h7-12,14,16,25H,6,13H2,1-5H3/t16-/m0/s1. The highest BCUT2D eigenvalue weighted by molar-refractivity contribution is 5.86. The fraction of sp³-hybridized carbons (Fsp3) is 0.409. The highest BCUT2D eigenvalue weighted by atomic mass is 16.3. The van der Waals surface area contributed by atoms with E-state index in [1.807, 2.05) is 18.3 Å². The Kier molecular flexibility index (Phi) is 4.59. The molecule has 0 spiro atoms. The Morgan fingerprint density at radius 1 is 1.28 bits per heavy atom. The number of aryl methyl sites for hydroxylation is 1. The smallest absolute Gasteiger partial charge is 0.141 e. The Morgan fingerprint density at radius 2 is 2.00 bits per heavy atom. The van der Waals surface area contributed by atoms with Gasteiger partial charge in [0.15, 0.2) is 0 Å².